The van der Waals surface area contributed by atoms with Crippen molar-refractivity contribution in [3.63, 3.8) is 0 Å². The van der Waals surface area contributed by atoms with E-state index >= 15 is 0 Å². The summed E-state index contributed by atoms with van der Waals surface area (Å²) in [5.74, 6) is 0.811. The SMILES string of the molecule is COc1ccc(CN2CCc3cc(NC4CCCCC4NC(=O)OC(C)(C)C)cc(Nc4cccc(C)c4)c3C2=O)cc1. The highest BCUT2D eigenvalue weighted by Gasteiger charge is 2.31. The molecule has 2 amide bonds. The molecule has 1 saturated carbocycles. The lowest BCUT2D eigenvalue weighted by Gasteiger charge is -2.35. The monoisotopic (exact) mass is 584 g/mol. The maximum absolute atomic E-state index is 14.0. The zero-order chi connectivity index (χ0) is 30.6. The average molecular weight is 585 g/mol. The van der Waals surface area contributed by atoms with Gasteiger partial charge in [-0.1, -0.05) is 37.1 Å². The first-order chi connectivity index (χ1) is 20.6. The molecule has 3 aromatic rings. The largest absolute Gasteiger partial charge is 0.497 e. The number of carbonyl (C=O) groups is 2. The Morgan fingerprint density at radius 3 is 2.42 bits per heavy atom. The maximum atomic E-state index is 14.0. The molecule has 0 radical (unpaired) electrons. The highest BCUT2D eigenvalue weighted by atomic mass is 16.6. The minimum Gasteiger partial charge on any atom is -0.497 e. The van der Waals surface area contributed by atoms with Gasteiger partial charge in [0, 0.05) is 30.5 Å². The average Bonchev–Trinajstić information content (AvgIpc) is 2.95. The van der Waals surface area contributed by atoms with Gasteiger partial charge >= 0.3 is 6.09 Å². The maximum Gasteiger partial charge on any atom is 0.407 e. The highest BCUT2D eigenvalue weighted by Crippen LogP contribution is 2.34. The molecule has 1 heterocycles. The van der Waals surface area contributed by atoms with E-state index < -0.39 is 5.60 Å². The number of hydrogen-bond donors (Lipinski definition) is 3. The molecule has 3 N–H and O–H groups in total. The molecule has 2 unspecified atom stereocenters. The fourth-order valence-corrected chi connectivity index (χ4v) is 5.98. The van der Waals surface area contributed by atoms with Crippen LogP contribution in [0.3, 0.4) is 0 Å². The zero-order valence-electron chi connectivity index (χ0n) is 26.0. The summed E-state index contributed by atoms with van der Waals surface area (Å²) in [7, 11) is 1.65. The number of aryl methyl sites for hydroxylation is 1. The van der Waals surface area contributed by atoms with E-state index in [1.807, 2.05) is 68.1 Å². The molecule has 0 aromatic heterocycles. The second kappa shape index (κ2) is 13.0. The predicted octanol–water partition coefficient (Wildman–Crippen LogP) is 7.19. The Balaban J connectivity index is 1.41. The van der Waals surface area contributed by atoms with Crippen molar-refractivity contribution >= 4 is 29.1 Å². The topological polar surface area (TPSA) is 91.9 Å². The quantitative estimate of drug-likeness (QED) is 0.260. The number of amides is 2. The van der Waals surface area contributed by atoms with Crippen LogP contribution in [0.1, 0.15) is 73.5 Å². The molecule has 8 nitrogen and oxygen atoms in total. The number of nitrogens with one attached hydrogen (secondary N) is 3. The van der Waals surface area contributed by atoms with E-state index in [1.54, 1.807) is 7.11 Å². The van der Waals surface area contributed by atoms with E-state index in [4.69, 9.17) is 9.47 Å². The highest BCUT2D eigenvalue weighted by molar-refractivity contribution is 6.03. The number of alkyl carbamates (subject to hydrolysis) is 1. The van der Waals surface area contributed by atoms with Gasteiger partial charge in [0.25, 0.3) is 5.91 Å². The van der Waals surface area contributed by atoms with Crippen molar-refractivity contribution in [1.29, 1.82) is 0 Å². The fraction of sp³-hybridized carbons (Fsp3) is 0.429. The molecule has 1 aliphatic heterocycles. The van der Waals surface area contributed by atoms with Gasteiger partial charge in [-0.25, -0.2) is 4.79 Å². The number of hydrogen-bond acceptors (Lipinski definition) is 6. The van der Waals surface area contributed by atoms with Crippen molar-refractivity contribution in [2.75, 3.05) is 24.3 Å². The molecule has 2 aliphatic rings. The summed E-state index contributed by atoms with van der Waals surface area (Å²) in [6, 6.07) is 20.2. The van der Waals surface area contributed by atoms with Crippen LogP contribution in [-0.2, 0) is 17.7 Å². The van der Waals surface area contributed by atoms with Gasteiger partial charge in [-0.15, -0.1) is 0 Å². The molecule has 1 aliphatic carbocycles. The second-order valence-corrected chi connectivity index (χ2v) is 12.7. The van der Waals surface area contributed by atoms with Crippen LogP contribution in [0.5, 0.6) is 5.75 Å². The van der Waals surface area contributed by atoms with Gasteiger partial charge in [0.05, 0.1) is 24.4 Å². The molecule has 0 saturated heterocycles. The van der Waals surface area contributed by atoms with Crippen molar-refractivity contribution in [2.24, 2.45) is 0 Å². The Kier molecular flexibility index (Phi) is 9.14. The van der Waals surface area contributed by atoms with Crippen LogP contribution in [0.25, 0.3) is 0 Å². The summed E-state index contributed by atoms with van der Waals surface area (Å²) >= 11 is 0. The molecule has 228 valence electrons. The Hall–Kier alpha value is -4.20. The third-order valence-corrected chi connectivity index (χ3v) is 8.02. The van der Waals surface area contributed by atoms with Crippen LogP contribution in [0.4, 0.5) is 21.9 Å². The number of anilines is 3. The molecule has 43 heavy (non-hydrogen) atoms. The first kappa shape index (κ1) is 30.3. The summed E-state index contributed by atoms with van der Waals surface area (Å²) in [4.78, 5) is 28.5. The van der Waals surface area contributed by atoms with Gasteiger partial charge in [-0.3, -0.25) is 4.79 Å². The van der Waals surface area contributed by atoms with E-state index in [0.29, 0.717) is 18.7 Å². The molecular formula is C35H44N4O4. The van der Waals surface area contributed by atoms with Crippen LogP contribution in [0.15, 0.2) is 60.7 Å². The summed E-state index contributed by atoms with van der Waals surface area (Å²) < 4.78 is 10.8. The normalized spacial score (nSPS) is 18.4. The molecule has 0 spiro atoms. The number of methoxy groups -OCH3 is 1. The number of fused-ring (bicyclic) bond motifs is 1. The Morgan fingerprint density at radius 1 is 0.977 bits per heavy atom. The predicted molar refractivity (Wildman–Crippen MR) is 171 cm³/mol. The zero-order valence-corrected chi connectivity index (χ0v) is 26.0. The molecule has 3 aromatic carbocycles. The third-order valence-electron chi connectivity index (χ3n) is 8.02. The number of carbonyl (C=O) groups excluding carboxylic acids is 2. The molecule has 1 fully saturated rings. The van der Waals surface area contributed by atoms with E-state index in [2.05, 4.69) is 41.1 Å². The summed E-state index contributed by atoms with van der Waals surface area (Å²) in [5.41, 5.74) is 6.02. The van der Waals surface area contributed by atoms with Crippen LogP contribution in [0, 0.1) is 6.92 Å². The van der Waals surface area contributed by atoms with Gasteiger partial charge in [0.1, 0.15) is 11.4 Å². The minimum absolute atomic E-state index is 0.0147. The molecule has 0 bridgehead atoms. The summed E-state index contributed by atoms with van der Waals surface area (Å²) in [6.45, 7) is 8.85. The van der Waals surface area contributed by atoms with Gasteiger partial charge in [-0.05, 0) is 100 Å². The van der Waals surface area contributed by atoms with E-state index in [0.717, 1.165) is 71.6 Å². The van der Waals surface area contributed by atoms with Gasteiger partial charge < -0.3 is 30.3 Å². The number of benzene rings is 3. The van der Waals surface area contributed by atoms with Crippen LogP contribution < -0.4 is 20.7 Å². The van der Waals surface area contributed by atoms with E-state index in [-0.39, 0.29) is 24.1 Å². The first-order valence-corrected chi connectivity index (χ1v) is 15.3. The van der Waals surface area contributed by atoms with Crippen LogP contribution in [-0.4, -0.2) is 48.2 Å². The standard InChI is InChI=1S/C35H44N4O4/c1-23-9-8-10-26(19-23)36-31-21-27(37-29-11-6-7-12-30(29)38-34(41)43-35(2,3)4)20-25-17-18-39(33(40)32(25)31)22-24-13-15-28(42-5)16-14-24/h8-10,13-16,19-21,29-30,36-37H,6-7,11-12,17-18,22H2,1-5H3,(H,38,41). The van der Waals surface area contributed by atoms with Crippen LogP contribution >= 0.6 is 0 Å². The smallest absolute Gasteiger partial charge is 0.407 e. The molecule has 5 rings (SSSR count). The van der Waals surface area contributed by atoms with Crippen molar-refractivity contribution in [2.45, 2.75) is 84.0 Å². The third kappa shape index (κ3) is 7.80. The lowest BCUT2D eigenvalue weighted by molar-refractivity contribution is 0.0488. The number of nitrogens with zero attached hydrogens (tertiary/aromatic N) is 1. The van der Waals surface area contributed by atoms with E-state index in [9.17, 15) is 9.59 Å². The Morgan fingerprint density at radius 2 is 1.72 bits per heavy atom. The first-order valence-electron chi connectivity index (χ1n) is 15.3. The lowest BCUT2D eigenvalue weighted by atomic mass is 9.89. The minimum atomic E-state index is -0.551. The summed E-state index contributed by atoms with van der Waals surface area (Å²) in [5, 5.41) is 10.4. The number of ether oxygens (including phenoxy) is 2. The van der Waals surface area contributed by atoms with Crippen LogP contribution in [0.2, 0.25) is 0 Å². The van der Waals surface area contributed by atoms with Gasteiger partial charge in [0.15, 0.2) is 0 Å². The molecule has 8 heteroatoms. The van der Waals surface area contributed by atoms with Crippen molar-refractivity contribution in [1.82, 2.24) is 10.2 Å². The van der Waals surface area contributed by atoms with Gasteiger partial charge in [0.2, 0.25) is 0 Å². The van der Waals surface area contributed by atoms with Gasteiger partial charge in [-0.2, -0.15) is 0 Å². The van der Waals surface area contributed by atoms with E-state index in [1.165, 1.54) is 0 Å². The van der Waals surface area contributed by atoms with Crippen molar-refractivity contribution in [3.8, 4) is 5.75 Å². The fourth-order valence-electron chi connectivity index (χ4n) is 5.98. The Labute approximate surface area is 255 Å². The van der Waals surface area contributed by atoms with Crippen molar-refractivity contribution in [3.05, 3.63) is 82.9 Å². The molecular weight excluding hydrogens is 540 g/mol. The number of rotatable bonds is 8. The lowest BCUT2D eigenvalue weighted by Crippen LogP contribution is -2.49. The summed E-state index contributed by atoms with van der Waals surface area (Å²) in [6.07, 6.45) is 4.33. The van der Waals surface area contributed by atoms with Crippen molar-refractivity contribution < 1.29 is 19.1 Å². The molecule has 2 atom stereocenters. The Bertz CT molecular complexity index is 1450. The second-order valence-electron chi connectivity index (χ2n) is 12.7.